The fourth-order valence-electron chi connectivity index (χ4n) is 1.32. The number of carboxylic acids is 1. The molecule has 136 valence electrons. The third kappa shape index (κ3) is 8.31. The molecule has 0 heterocycles. The van der Waals surface area contributed by atoms with Crippen LogP contribution in [0.1, 0.15) is 41.5 Å². The molecular formula is C13H26NO8P. The van der Waals surface area contributed by atoms with E-state index < -0.39 is 37.6 Å². The molecule has 0 fully saturated rings. The minimum Gasteiger partial charge on any atom is -0.479 e. The second-order valence-electron chi connectivity index (χ2n) is 5.82. The topological polar surface area (TPSA) is 120 Å². The molecule has 0 aliphatic carbocycles. The molecule has 0 rings (SSSR count). The number of nitrogens with one attached hydrogen (secondary N) is 1. The SMILES string of the molecule is CCOP(=O)(OCC)OC[C@](C)(NC(=O)OC(C)(C)C)C(=O)O. The number of phosphoric ester groups is 1. The third-order valence-electron chi connectivity index (χ3n) is 2.33. The van der Waals surface area contributed by atoms with Crippen LogP contribution in [0.5, 0.6) is 0 Å². The molecule has 10 heteroatoms. The van der Waals surface area contributed by atoms with Gasteiger partial charge in [-0.2, -0.15) is 0 Å². The number of amides is 1. The third-order valence-corrected chi connectivity index (χ3v) is 3.93. The Morgan fingerprint density at radius 1 is 1.04 bits per heavy atom. The van der Waals surface area contributed by atoms with E-state index in [1.54, 1.807) is 34.6 Å². The van der Waals surface area contributed by atoms with Crippen LogP contribution in [0.25, 0.3) is 0 Å². The second-order valence-corrected chi connectivity index (χ2v) is 7.49. The lowest BCUT2D eigenvalue weighted by molar-refractivity contribution is -0.145. The molecule has 0 aliphatic heterocycles. The van der Waals surface area contributed by atoms with Crippen molar-refractivity contribution in [2.24, 2.45) is 0 Å². The number of carbonyl (C=O) groups is 2. The van der Waals surface area contributed by atoms with Crippen LogP contribution in [-0.2, 0) is 27.7 Å². The van der Waals surface area contributed by atoms with Gasteiger partial charge in [-0.25, -0.2) is 14.2 Å². The molecule has 0 unspecified atom stereocenters. The molecule has 1 amide bonds. The Balaban J connectivity index is 4.99. The first-order valence-electron chi connectivity index (χ1n) is 7.15. The molecule has 0 radical (unpaired) electrons. The largest absolute Gasteiger partial charge is 0.479 e. The van der Waals surface area contributed by atoms with Crippen molar-refractivity contribution in [3.05, 3.63) is 0 Å². The highest BCUT2D eigenvalue weighted by molar-refractivity contribution is 7.48. The number of phosphoric acid groups is 1. The van der Waals surface area contributed by atoms with Gasteiger partial charge in [-0.15, -0.1) is 0 Å². The predicted molar refractivity (Wildman–Crippen MR) is 82.2 cm³/mol. The van der Waals surface area contributed by atoms with Crippen LogP contribution in [0.3, 0.4) is 0 Å². The lowest BCUT2D eigenvalue weighted by atomic mass is 10.1. The molecule has 0 aromatic carbocycles. The summed E-state index contributed by atoms with van der Waals surface area (Å²) in [6, 6.07) is 0. The quantitative estimate of drug-likeness (QED) is 0.605. The number of hydrogen-bond donors (Lipinski definition) is 2. The van der Waals surface area contributed by atoms with Gasteiger partial charge in [0.05, 0.1) is 19.8 Å². The molecule has 0 bridgehead atoms. The highest BCUT2D eigenvalue weighted by Crippen LogP contribution is 2.49. The number of ether oxygens (including phenoxy) is 1. The molecule has 0 spiro atoms. The number of rotatable bonds is 9. The maximum absolute atomic E-state index is 12.2. The summed E-state index contributed by atoms with van der Waals surface area (Å²) in [4.78, 5) is 23.2. The van der Waals surface area contributed by atoms with Crippen LogP contribution < -0.4 is 5.32 Å². The first-order chi connectivity index (χ1) is 10.4. The van der Waals surface area contributed by atoms with E-state index in [1.807, 2.05) is 0 Å². The van der Waals surface area contributed by atoms with Crippen molar-refractivity contribution in [1.29, 1.82) is 0 Å². The fourth-order valence-corrected chi connectivity index (χ4v) is 2.59. The van der Waals surface area contributed by atoms with Crippen molar-refractivity contribution in [3.8, 4) is 0 Å². The van der Waals surface area contributed by atoms with Gasteiger partial charge >= 0.3 is 19.9 Å². The summed E-state index contributed by atoms with van der Waals surface area (Å²) in [6.07, 6.45) is -0.936. The van der Waals surface area contributed by atoms with Crippen molar-refractivity contribution >= 4 is 19.9 Å². The Kier molecular flexibility index (Phi) is 8.20. The zero-order chi connectivity index (χ0) is 18.3. The second kappa shape index (κ2) is 8.63. The Morgan fingerprint density at radius 3 is 1.87 bits per heavy atom. The summed E-state index contributed by atoms with van der Waals surface area (Å²) in [5.74, 6) is -1.39. The number of hydrogen-bond acceptors (Lipinski definition) is 7. The van der Waals surface area contributed by atoms with Gasteiger partial charge in [0.15, 0.2) is 5.54 Å². The van der Waals surface area contributed by atoms with Gasteiger partial charge in [-0.3, -0.25) is 13.6 Å². The van der Waals surface area contributed by atoms with Gasteiger partial charge in [0.2, 0.25) is 0 Å². The molecule has 1 atom stereocenters. The van der Waals surface area contributed by atoms with Crippen LogP contribution in [0.4, 0.5) is 4.79 Å². The number of carboxylic acid groups (broad SMARTS) is 1. The zero-order valence-corrected chi connectivity index (χ0v) is 15.3. The van der Waals surface area contributed by atoms with E-state index in [9.17, 15) is 19.3 Å². The van der Waals surface area contributed by atoms with Crippen LogP contribution in [0.15, 0.2) is 0 Å². The standard InChI is InChI=1S/C13H26NO8P/c1-7-19-23(18,20-8-2)21-9-13(6,10(15)16)14-11(17)22-12(3,4)5/h7-9H2,1-6H3,(H,14,17)(H,15,16)/t13-/m0/s1. The molecule has 0 saturated carbocycles. The number of alkyl carbamates (subject to hydrolysis) is 1. The monoisotopic (exact) mass is 355 g/mol. The predicted octanol–water partition coefficient (Wildman–Crippen LogP) is 2.55. The number of aliphatic carboxylic acids is 1. The summed E-state index contributed by atoms with van der Waals surface area (Å²) in [5.41, 5.74) is -2.66. The summed E-state index contributed by atoms with van der Waals surface area (Å²) in [5, 5.41) is 11.5. The maximum Gasteiger partial charge on any atom is 0.474 e. The molecule has 2 N–H and O–H groups in total. The summed E-state index contributed by atoms with van der Waals surface area (Å²) >= 11 is 0. The normalized spacial score (nSPS) is 14.9. The van der Waals surface area contributed by atoms with E-state index in [-0.39, 0.29) is 13.2 Å². The van der Waals surface area contributed by atoms with E-state index in [2.05, 4.69) is 5.32 Å². The minimum atomic E-state index is -3.90. The van der Waals surface area contributed by atoms with E-state index in [0.717, 1.165) is 0 Å². The average Bonchev–Trinajstić information content (AvgIpc) is 2.34. The molecule has 23 heavy (non-hydrogen) atoms. The van der Waals surface area contributed by atoms with Gasteiger partial charge in [-0.1, -0.05) is 0 Å². The fraction of sp³-hybridized carbons (Fsp3) is 0.846. The van der Waals surface area contributed by atoms with Crippen molar-refractivity contribution in [2.75, 3.05) is 19.8 Å². The van der Waals surface area contributed by atoms with Gasteiger partial charge in [0.25, 0.3) is 0 Å². The molecule has 0 aromatic rings. The first kappa shape index (κ1) is 21.9. The molecule has 0 aromatic heterocycles. The zero-order valence-electron chi connectivity index (χ0n) is 14.4. The van der Waals surface area contributed by atoms with Gasteiger partial charge in [-0.05, 0) is 41.5 Å². The maximum atomic E-state index is 12.2. The first-order valence-corrected chi connectivity index (χ1v) is 8.61. The Bertz CT molecular complexity index is 451. The smallest absolute Gasteiger partial charge is 0.474 e. The van der Waals surface area contributed by atoms with Crippen molar-refractivity contribution in [2.45, 2.75) is 52.7 Å². The van der Waals surface area contributed by atoms with Gasteiger partial charge in [0.1, 0.15) is 5.60 Å². The average molecular weight is 355 g/mol. The lowest BCUT2D eigenvalue weighted by Gasteiger charge is -2.29. The van der Waals surface area contributed by atoms with Crippen molar-refractivity contribution < 1.29 is 37.6 Å². The van der Waals surface area contributed by atoms with E-state index in [4.69, 9.17) is 18.3 Å². The van der Waals surface area contributed by atoms with Crippen LogP contribution in [0, 0.1) is 0 Å². The van der Waals surface area contributed by atoms with E-state index in [1.165, 1.54) is 6.92 Å². The highest BCUT2D eigenvalue weighted by atomic mass is 31.2. The van der Waals surface area contributed by atoms with Crippen molar-refractivity contribution in [1.82, 2.24) is 5.32 Å². The molecule has 9 nitrogen and oxygen atoms in total. The summed E-state index contributed by atoms with van der Waals surface area (Å²) in [7, 11) is -3.90. The molecule has 0 saturated heterocycles. The molecule has 0 aliphatic rings. The van der Waals surface area contributed by atoms with E-state index in [0.29, 0.717) is 0 Å². The van der Waals surface area contributed by atoms with Gasteiger partial charge < -0.3 is 15.2 Å². The van der Waals surface area contributed by atoms with Crippen LogP contribution in [-0.4, -0.2) is 48.1 Å². The van der Waals surface area contributed by atoms with Crippen molar-refractivity contribution in [3.63, 3.8) is 0 Å². The van der Waals surface area contributed by atoms with E-state index >= 15 is 0 Å². The Morgan fingerprint density at radius 2 is 1.52 bits per heavy atom. The minimum absolute atomic E-state index is 0.0561. The Labute approximate surface area is 136 Å². The van der Waals surface area contributed by atoms with Crippen LogP contribution in [0.2, 0.25) is 0 Å². The molecular weight excluding hydrogens is 329 g/mol. The summed E-state index contributed by atoms with van der Waals surface area (Å²) < 4.78 is 32.0. The van der Waals surface area contributed by atoms with Gasteiger partial charge in [0, 0.05) is 0 Å². The Hall–Kier alpha value is -1.15. The summed E-state index contributed by atoms with van der Waals surface area (Å²) in [6.45, 7) is 8.77. The lowest BCUT2D eigenvalue weighted by Crippen LogP contribution is -2.56. The number of carbonyl (C=O) groups excluding carboxylic acids is 1. The van der Waals surface area contributed by atoms with Crippen LogP contribution >= 0.6 is 7.82 Å². The highest BCUT2D eigenvalue weighted by Gasteiger charge is 2.40.